The first kappa shape index (κ1) is 16.2. The van der Waals surface area contributed by atoms with Crippen molar-refractivity contribution in [3.63, 3.8) is 0 Å². The maximum atomic E-state index is 10.5. The largest absolute Gasteiger partial charge is 0.364 e. The molecule has 0 aliphatic carbocycles. The van der Waals surface area contributed by atoms with E-state index < -0.39 is 4.92 Å². The number of nitrogens with zero attached hydrogens (tertiary/aromatic N) is 4. The molecule has 2 aromatic rings. The van der Waals surface area contributed by atoms with Gasteiger partial charge in [0.15, 0.2) is 0 Å². The smallest absolute Gasteiger partial charge is 0.250 e. The van der Waals surface area contributed by atoms with E-state index in [-0.39, 0.29) is 0 Å². The first-order chi connectivity index (χ1) is 10.5. The highest BCUT2D eigenvalue weighted by Crippen LogP contribution is 2.13. The topological polar surface area (TPSA) is 72.2 Å². The van der Waals surface area contributed by atoms with Gasteiger partial charge in [0, 0.05) is 25.5 Å². The van der Waals surface area contributed by atoms with Crippen LogP contribution in [0.25, 0.3) is 0 Å². The third kappa shape index (κ3) is 5.31. The van der Waals surface area contributed by atoms with Crippen LogP contribution in [0.1, 0.15) is 11.1 Å². The molecule has 0 saturated carbocycles. The Hall–Kier alpha value is -2.18. The van der Waals surface area contributed by atoms with Crippen molar-refractivity contribution in [2.75, 3.05) is 0 Å². The van der Waals surface area contributed by atoms with E-state index in [9.17, 15) is 10.1 Å². The zero-order valence-corrected chi connectivity index (χ0v) is 12.9. The summed E-state index contributed by atoms with van der Waals surface area (Å²) >= 11 is 11.5. The van der Waals surface area contributed by atoms with Crippen LogP contribution in [-0.2, 0) is 13.1 Å². The van der Waals surface area contributed by atoms with Crippen LogP contribution in [0.2, 0.25) is 10.3 Å². The lowest BCUT2D eigenvalue weighted by atomic mass is 10.2. The molecule has 0 atom stereocenters. The van der Waals surface area contributed by atoms with Crippen LogP contribution in [0, 0.1) is 10.1 Å². The lowest BCUT2D eigenvalue weighted by Gasteiger charge is -2.19. The van der Waals surface area contributed by atoms with Gasteiger partial charge in [-0.3, -0.25) is 10.1 Å². The Morgan fingerprint density at radius 2 is 1.55 bits per heavy atom. The second-order valence-electron chi connectivity index (χ2n) is 4.47. The minimum Gasteiger partial charge on any atom is -0.364 e. The van der Waals surface area contributed by atoms with E-state index in [1.807, 2.05) is 12.1 Å². The van der Waals surface area contributed by atoms with Crippen molar-refractivity contribution in [1.82, 2.24) is 14.9 Å². The van der Waals surface area contributed by atoms with Gasteiger partial charge in [0.25, 0.3) is 0 Å². The average Bonchev–Trinajstić information content (AvgIpc) is 2.49. The number of halogens is 2. The minimum atomic E-state index is -0.507. The summed E-state index contributed by atoms with van der Waals surface area (Å²) in [6.07, 6.45) is 5.58. The Labute approximate surface area is 137 Å². The lowest BCUT2D eigenvalue weighted by Crippen LogP contribution is -2.17. The quantitative estimate of drug-likeness (QED) is 0.457. The van der Waals surface area contributed by atoms with E-state index in [0.29, 0.717) is 23.4 Å². The second kappa shape index (κ2) is 7.72. The molecule has 0 bridgehead atoms. The monoisotopic (exact) mass is 338 g/mol. The molecule has 8 heteroatoms. The fourth-order valence-corrected chi connectivity index (χ4v) is 2.00. The lowest BCUT2D eigenvalue weighted by molar-refractivity contribution is -0.403. The highest BCUT2D eigenvalue weighted by molar-refractivity contribution is 6.29. The van der Waals surface area contributed by atoms with Gasteiger partial charge < -0.3 is 4.90 Å². The molecule has 2 heterocycles. The number of hydrogen-bond acceptors (Lipinski definition) is 5. The van der Waals surface area contributed by atoms with Crippen LogP contribution < -0.4 is 0 Å². The van der Waals surface area contributed by atoms with Crippen molar-refractivity contribution in [2.24, 2.45) is 0 Å². The first-order valence-electron chi connectivity index (χ1n) is 6.29. The van der Waals surface area contributed by atoms with Gasteiger partial charge in [0.1, 0.15) is 10.3 Å². The third-order valence-corrected chi connectivity index (χ3v) is 3.19. The van der Waals surface area contributed by atoms with Crippen LogP contribution >= 0.6 is 23.2 Å². The molecule has 0 N–H and O–H groups in total. The minimum absolute atomic E-state index is 0.401. The van der Waals surface area contributed by atoms with E-state index in [4.69, 9.17) is 23.2 Å². The molecule has 0 amide bonds. The van der Waals surface area contributed by atoms with E-state index in [2.05, 4.69) is 9.97 Å². The Morgan fingerprint density at radius 3 is 1.91 bits per heavy atom. The second-order valence-corrected chi connectivity index (χ2v) is 5.24. The Kier molecular flexibility index (Phi) is 5.68. The van der Waals surface area contributed by atoms with Crippen molar-refractivity contribution in [2.45, 2.75) is 13.1 Å². The molecular weight excluding hydrogens is 327 g/mol. The summed E-state index contributed by atoms with van der Waals surface area (Å²) in [5.41, 5.74) is 1.78. The molecule has 0 aliphatic rings. The van der Waals surface area contributed by atoms with Crippen LogP contribution in [0.15, 0.2) is 49.1 Å². The third-order valence-electron chi connectivity index (χ3n) is 2.75. The normalized spacial score (nSPS) is 10.8. The Balaban J connectivity index is 2.13. The number of pyridine rings is 2. The molecule has 0 radical (unpaired) electrons. The van der Waals surface area contributed by atoms with Crippen molar-refractivity contribution >= 4 is 23.2 Å². The molecule has 0 fully saturated rings. The SMILES string of the molecule is O=[N+]([O-])C=CN(Cc1ccc(Cl)nc1)Cc1ccc(Cl)nc1. The molecule has 2 aromatic heterocycles. The predicted octanol–water partition coefficient (Wildman–Crippen LogP) is 3.53. The molecule has 114 valence electrons. The van der Waals surface area contributed by atoms with Gasteiger partial charge in [-0.15, -0.1) is 0 Å². The molecule has 0 aliphatic heterocycles. The fraction of sp³-hybridized carbons (Fsp3) is 0.143. The first-order valence-corrected chi connectivity index (χ1v) is 7.05. The zero-order valence-electron chi connectivity index (χ0n) is 11.4. The molecular formula is C14H12Cl2N4O2. The molecule has 0 saturated heterocycles. The fourth-order valence-electron chi connectivity index (χ4n) is 1.78. The predicted molar refractivity (Wildman–Crippen MR) is 83.9 cm³/mol. The van der Waals surface area contributed by atoms with E-state index in [0.717, 1.165) is 17.3 Å². The number of nitro groups is 1. The maximum absolute atomic E-state index is 10.5. The van der Waals surface area contributed by atoms with Crippen LogP contribution in [0.4, 0.5) is 0 Å². The summed E-state index contributed by atoms with van der Waals surface area (Å²) in [4.78, 5) is 19.8. The van der Waals surface area contributed by atoms with E-state index in [1.54, 1.807) is 29.4 Å². The van der Waals surface area contributed by atoms with Crippen LogP contribution in [-0.4, -0.2) is 19.8 Å². The Morgan fingerprint density at radius 1 is 1.05 bits per heavy atom. The number of aromatic nitrogens is 2. The average molecular weight is 339 g/mol. The van der Waals surface area contributed by atoms with Gasteiger partial charge in [0.2, 0.25) is 6.20 Å². The zero-order chi connectivity index (χ0) is 15.9. The van der Waals surface area contributed by atoms with Crippen molar-refractivity contribution in [3.05, 3.63) is 80.6 Å². The summed E-state index contributed by atoms with van der Waals surface area (Å²) in [6, 6.07) is 7.00. The Bertz CT molecular complexity index is 612. The van der Waals surface area contributed by atoms with E-state index >= 15 is 0 Å². The highest BCUT2D eigenvalue weighted by Gasteiger charge is 2.06. The van der Waals surface area contributed by atoms with Gasteiger partial charge >= 0.3 is 0 Å². The molecule has 6 nitrogen and oxygen atoms in total. The molecule has 0 unspecified atom stereocenters. The summed E-state index contributed by atoms with van der Waals surface area (Å²) in [6.45, 7) is 0.911. The molecule has 2 rings (SSSR count). The number of rotatable bonds is 6. The molecule has 22 heavy (non-hydrogen) atoms. The summed E-state index contributed by atoms with van der Waals surface area (Å²) in [5.74, 6) is 0. The summed E-state index contributed by atoms with van der Waals surface area (Å²) < 4.78 is 0. The van der Waals surface area contributed by atoms with Crippen molar-refractivity contribution in [3.8, 4) is 0 Å². The van der Waals surface area contributed by atoms with Gasteiger partial charge in [-0.25, -0.2) is 9.97 Å². The van der Waals surface area contributed by atoms with Gasteiger partial charge in [-0.2, -0.15) is 0 Å². The summed E-state index contributed by atoms with van der Waals surface area (Å²) in [5, 5.41) is 11.3. The van der Waals surface area contributed by atoms with Gasteiger partial charge in [0.05, 0.1) is 11.1 Å². The van der Waals surface area contributed by atoms with Crippen molar-refractivity contribution < 1.29 is 4.92 Å². The maximum Gasteiger partial charge on any atom is 0.250 e. The van der Waals surface area contributed by atoms with E-state index in [1.165, 1.54) is 6.20 Å². The van der Waals surface area contributed by atoms with Gasteiger partial charge in [-0.1, -0.05) is 35.3 Å². The number of hydrogen-bond donors (Lipinski definition) is 0. The summed E-state index contributed by atoms with van der Waals surface area (Å²) in [7, 11) is 0. The highest BCUT2D eigenvalue weighted by atomic mass is 35.5. The standard InChI is InChI=1S/C14H12Cl2N4O2/c15-13-3-1-11(7-17-13)9-19(5-6-20(21)22)10-12-2-4-14(16)18-8-12/h1-8H,9-10H2. The van der Waals surface area contributed by atoms with Gasteiger partial charge in [-0.05, 0) is 23.3 Å². The molecule has 0 spiro atoms. The van der Waals surface area contributed by atoms with Crippen molar-refractivity contribution in [1.29, 1.82) is 0 Å². The molecule has 0 aromatic carbocycles. The van der Waals surface area contributed by atoms with Crippen LogP contribution in [0.3, 0.4) is 0 Å². The van der Waals surface area contributed by atoms with Crippen LogP contribution in [0.5, 0.6) is 0 Å².